The molecule has 0 aliphatic rings. The average molecular weight is 177 g/mol. The molecule has 1 atom stereocenters. The molecule has 0 rings (SSSR count). The molecule has 0 radical (unpaired) electrons. The Hall–Kier alpha value is -0.910. The highest BCUT2D eigenvalue weighted by Crippen LogP contribution is 1.89. The molecule has 0 aliphatic heterocycles. The summed E-state index contributed by atoms with van der Waals surface area (Å²) < 4.78 is 0. The lowest BCUT2D eigenvalue weighted by Gasteiger charge is -2.10. The first kappa shape index (κ1) is 10.1. The fourth-order valence-corrected chi connectivity index (χ4v) is 0.815. The molecule has 0 saturated carbocycles. The number of thiocarbonyl (C=S) groups is 1. The van der Waals surface area contributed by atoms with Crippen molar-refractivity contribution in [3.8, 4) is 0 Å². The minimum Gasteiger partial charge on any atom is -0.376 e. The third kappa shape index (κ3) is 6.98. The van der Waals surface area contributed by atoms with Gasteiger partial charge in [-0.25, -0.2) is 0 Å². The van der Waals surface area contributed by atoms with E-state index < -0.39 is 0 Å². The van der Waals surface area contributed by atoms with E-state index in [4.69, 9.17) is 5.73 Å². The van der Waals surface area contributed by atoms with Crippen molar-refractivity contribution in [1.82, 2.24) is 5.32 Å². The van der Waals surface area contributed by atoms with E-state index in [1.165, 1.54) is 0 Å². The summed E-state index contributed by atoms with van der Waals surface area (Å²) >= 11 is 4.55. The highest BCUT2D eigenvalue weighted by molar-refractivity contribution is 7.80. The van der Waals surface area contributed by atoms with Crippen molar-refractivity contribution in [2.24, 2.45) is 5.73 Å². The van der Waals surface area contributed by atoms with Gasteiger partial charge in [0.1, 0.15) is 0 Å². The zero-order valence-corrected chi connectivity index (χ0v) is 7.06. The third-order valence-electron chi connectivity index (χ3n) is 1.13. The Morgan fingerprint density at radius 2 is 2.45 bits per heavy atom. The largest absolute Gasteiger partial charge is 0.376 e. The van der Waals surface area contributed by atoms with E-state index >= 15 is 0 Å². The minimum absolute atomic E-state index is 0.0297. The summed E-state index contributed by atoms with van der Waals surface area (Å²) in [5.41, 5.74) is 5.15. The molecule has 3 N–H and O–H groups in total. The van der Waals surface area contributed by atoms with Gasteiger partial charge >= 0.3 is 0 Å². The van der Waals surface area contributed by atoms with Crippen LogP contribution in [0.1, 0.15) is 13.3 Å². The Morgan fingerprint density at radius 1 is 1.91 bits per heavy atom. The Balaban J connectivity index is 3.44. The fourth-order valence-electron chi connectivity index (χ4n) is 0.614. The zero-order valence-electron chi connectivity index (χ0n) is 6.24. The van der Waals surface area contributed by atoms with Crippen LogP contribution in [0.15, 0.2) is 0 Å². The Bertz CT molecular complexity index is 162. The maximum absolute atomic E-state index is 9.90. The summed E-state index contributed by atoms with van der Waals surface area (Å²) in [5, 5.41) is 12.8. The van der Waals surface area contributed by atoms with Crippen molar-refractivity contribution >= 4 is 17.3 Å². The summed E-state index contributed by atoms with van der Waals surface area (Å²) in [5.74, 6) is 0. The number of nitro groups is 1. The van der Waals surface area contributed by atoms with Crippen LogP contribution in [-0.4, -0.2) is 22.6 Å². The first-order chi connectivity index (χ1) is 5.02. The zero-order chi connectivity index (χ0) is 8.85. The molecule has 6 heteroatoms. The molecule has 64 valence electrons. The van der Waals surface area contributed by atoms with Gasteiger partial charge in [0.15, 0.2) is 5.11 Å². The van der Waals surface area contributed by atoms with Gasteiger partial charge < -0.3 is 11.1 Å². The summed E-state index contributed by atoms with van der Waals surface area (Å²) in [7, 11) is 0. The number of hydrogen-bond donors (Lipinski definition) is 2. The van der Waals surface area contributed by atoms with Crippen LogP contribution in [0, 0.1) is 10.1 Å². The van der Waals surface area contributed by atoms with Gasteiger partial charge in [0.25, 0.3) is 0 Å². The van der Waals surface area contributed by atoms with Gasteiger partial charge in [0, 0.05) is 17.4 Å². The molecule has 0 spiro atoms. The third-order valence-corrected chi connectivity index (χ3v) is 1.25. The molecule has 11 heavy (non-hydrogen) atoms. The maximum Gasteiger partial charge on any atom is 0.205 e. The second kappa shape index (κ2) is 4.84. The average Bonchev–Trinajstić information content (AvgIpc) is 1.82. The number of nitrogens with one attached hydrogen (secondary N) is 1. The highest BCUT2D eigenvalue weighted by Gasteiger charge is 2.05. The molecule has 0 amide bonds. The summed E-state index contributed by atoms with van der Waals surface area (Å²) in [4.78, 5) is 9.54. The number of nitrogens with zero attached hydrogens (tertiary/aromatic N) is 1. The van der Waals surface area contributed by atoms with Crippen molar-refractivity contribution in [2.45, 2.75) is 19.4 Å². The standard InChI is InChI=1S/C5H11N3O2S/c1-4(7-5(6)11)2-3-8(9)10/h4H,2-3H2,1H3,(H3,6,7,11). The second-order valence-electron chi connectivity index (χ2n) is 2.25. The van der Waals surface area contributed by atoms with E-state index in [1.54, 1.807) is 6.92 Å². The molecule has 5 nitrogen and oxygen atoms in total. The molecule has 0 heterocycles. The molecule has 0 bridgehead atoms. The first-order valence-electron chi connectivity index (χ1n) is 3.20. The van der Waals surface area contributed by atoms with Gasteiger partial charge in [0.2, 0.25) is 6.54 Å². The Labute approximate surface area is 70.1 Å². The SMILES string of the molecule is CC(CC[N+](=O)[O-])NC(N)=S. The van der Waals surface area contributed by atoms with Crippen molar-refractivity contribution in [2.75, 3.05) is 6.54 Å². The lowest BCUT2D eigenvalue weighted by molar-refractivity contribution is -0.480. The molecular formula is C5H11N3O2S. The smallest absolute Gasteiger partial charge is 0.205 e. The molecule has 0 aromatic rings. The predicted molar refractivity (Wildman–Crippen MR) is 45.9 cm³/mol. The van der Waals surface area contributed by atoms with Crippen molar-refractivity contribution < 1.29 is 4.92 Å². The minimum atomic E-state index is -0.363. The summed E-state index contributed by atoms with van der Waals surface area (Å²) in [6.07, 6.45) is 0.435. The lowest BCUT2D eigenvalue weighted by atomic mass is 10.2. The van der Waals surface area contributed by atoms with Crippen LogP contribution in [-0.2, 0) is 0 Å². The van der Waals surface area contributed by atoms with Gasteiger partial charge in [-0.05, 0) is 19.1 Å². The molecule has 0 aliphatic carbocycles. The van der Waals surface area contributed by atoms with E-state index in [1.807, 2.05) is 0 Å². The van der Waals surface area contributed by atoms with Gasteiger partial charge in [-0.2, -0.15) is 0 Å². The molecule has 0 aromatic heterocycles. The lowest BCUT2D eigenvalue weighted by Crippen LogP contribution is -2.37. The fraction of sp³-hybridized carbons (Fsp3) is 0.800. The quantitative estimate of drug-likeness (QED) is 0.355. The van der Waals surface area contributed by atoms with E-state index in [0.717, 1.165) is 0 Å². The van der Waals surface area contributed by atoms with Crippen LogP contribution >= 0.6 is 12.2 Å². The molecule has 0 fully saturated rings. The molecule has 1 unspecified atom stereocenters. The van der Waals surface area contributed by atoms with Crippen LogP contribution in [0.25, 0.3) is 0 Å². The van der Waals surface area contributed by atoms with Gasteiger partial charge in [-0.1, -0.05) is 0 Å². The normalized spacial score (nSPS) is 12.1. The highest BCUT2D eigenvalue weighted by atomic mass is 32.1. The van der Waals surface area contributed by atoms with Crippen molar-refractivity contribution in [1.29, 1.82) is 0 Å². The van der Waals surface area contributed by atoms with Crippen molar-refractivity contribution in [3.63, 3.8) is 0 Å². The van der Waals surface area contributed by atoms with Gasteiger partial charge in [-0.15, -0.1) is 0 Å². The number of rotatable bonds is 4. The molecule has 0 saturated heterocycles. The molecular weight excluding hydrogens is 166 g/mol. The van der Waals surface area contributed by atoms with Crippen LogP contribution in [0.3, 0.4) is 0 Å². The summed E-state index contributed by atoms with van der Waals surface area (Å²) in [6.45, 7) is 1.74. The van der Waals surface area contributed by atoms with E-state index in [9.17, 15) is 10.1 Å². The van der Waals surface area contributed by atoms with E-state index in [0.29, 0.717) is 6.42 Å². The monoisotopic (exact) mass is 177 g/mol. The van der Waals surface area contributed by atoms with Gasteiger partial charge in [-0.3, -0.25) is 10.1 Å². The number of nitrogens with two attached hydrogens (primary N) is 1. The van der Waals surface area contributed by atoms with Crippen LogP contribution < -0.4 is 11.1 Å². The van der Waals surface area contributed by atoms with Crippen LogP contribution in [0.4, 0.5) is 0 Å². The Kier molecular flexibility index (Phi) is 4.44. The van der Waals surface area contributed by atoms with Crippen molar-refractivity contribution in [3.05, 3.63) is 10.1 Å². The molecule has 0 aromatic carbocycles. The predicted octanol–water partition coefficient (Wildman–Crippen LogP) is -0.125. The second-order valence-corrected chi connectivity index (χ2v) is 2.69. The van der Waals surface area contributed by atoms with Crippen LogP contribution in [0.5, 0.6) is 0 Å². The number of hydrogen-bond acceptors (Lipinski definition) is 3. The van der Waals surface area contributed by atoms with Gasteiger partial charge in [0.05, 0.1) is 0 Å². The maximum atomic E-state index is 9.90. The summed E-state index contributed by atoms with van der Waals surface area (Å²) in [6, 6.07) is -0.0297. The Morgan fingerprint density at radius 3 is 2.82 bits per heavy atom. The van der Waals surface area contributed by atoms with Crippen LogP contribution in [0.2, 0.25) is 0 Å². The van der Waals surface area contributed by atoms with E-state index in [-0.39, 0.29) is 22.6 Å². The van der Waals surface area contributed by atoms with E-state index in [2.05, 4.69) is 17.5 Å². The first-order valence-corrected chi connectivity index (χ1v) is 3.61. The topological polar surface area (TPSA) is 81.2 Å².